The molecule has 9 nitrogen and oxygen atoms in total. The number of carbonyl (C=O) groups is 1. The molecular formula is C26H29N5O4. The van der Waals surface area contributed by atoms with Gasteiger partial charge in [0, 0.05) is 19.1 Å². The van der Waals surface area contributed by atoms with Crippen LogP contribution in [0.2, 0.25) is 0 Å². The summed E-state index contributed by atoms with van der Waals surface area (Å²) < 4.78 is 18.5. The largest absolute Gasteiger partial charge is 0.487 e. The number of ether oxygens (including phenoxy) is 3. The van der Waals surface area contributed by atoms with Crippen molar-refractivity contribution in [1.29, 1.82) is 0 Å². The van der Waals surface area contributed by atoms with E-state index in [1.165, 1.54) is 0 Å². The van der Waals surface area contributed by atoms with E-state index in [9.17, 15) is 4.79 Å². The number of hydrogen-bond donors (Lipinski definition) is 1. The van der Waals surface area contributed by atoms with E-state index in [2.05, 4.69) is 20.5 Å². The van der Waals surface area contributed by atoms with Crippen molar-refractivity contribution in [2.45, 2.75) is 38.6 Å². The molecule has 3 aromatic rings. The minimum atomic E-state index is 0.0274. The van der Waals surface area contributed by atoms with Gasteiger partial charge in [0.1, 0.15) is 18.1 Å². The van der Waals surface area contributed by atoms with E-state index in [1.54, 1.807) is 0 Å². The number of amides is 1. The van der Waals surface area contributed by atoms with Crippen LogP contribution in [0.4, 0.5) is 0 Å². The molecule has 2 unspecified atom stereocenters. The van der Waals surface area contributed by atoms with Crippen LogP contribution in [-0.4, -0.2) is 51.7 Å². The van der Waals surface area contributed by atoms with Crippen LogP contribution in [0.25, 0.3) is 0 Å². The lowest BCUT2D eigenvalue weighted by Crippen LogP contribution is -2.58. The lowest BCUT2D eigenvalue weighted by atomic mass is 9.75. The molecule has 182 valence electrons. The Kier molecular flexibility index (Phi) is 5.99. The maximum Gasteiger partial charge on any atom is 0.231 e. The topological polar surface area (TPSA) is 90.7 Å². The molecule has 1 N–H and O–H groups in total. The molecule has 0 saturated carbocycles. The van der Waals surface area contributed by atoms with Crippen LogP contribution in [0.5, 0.6) is 17.2 Å². The SMILES string of the molecule is O=C(NCc1ccc2c(c1)OCO2)[C@H]1CN2CCC1C[C@@H]2Cn1cc(COc2ccccc2)nn1. The highest BCUT2D eigenvalue weighted by atomic mass is 16.7. The number of hydrogen-bond acceptors (Lipinski definition) is 7. The first-order valence-corrected chi connectivity index (χ1v) is 12.2. The number of rotatable bonds is 8. The van der Waals surface area contributed by atoms with E-state index >= 15 is 0 Å². The van der Waals surface area contributed by atoms with Crippen molar-refractivity contribution in [3.05, 3.63) is 66.0 Å². The Morgan fingerprint density at radius 3 is 2.89 bits per heavy atom. The molecule has 3 fully saturated rings. The van der Waals surface area contributed by atoms with Gasteiger partial charge in [-0.15, -0.1) is 5.10 Å². The zero-order valence-corrected chi connectivity index (χ0v) is 19.5. The maximum atomic E-state index is 13.0. The summed E-state index contributed by atoms with van der Waals surface area (Å²) >= 11 is 0. The van der Waals surface area contributed by atoms with E-state index in [1.807, 2.05) is 59.4 Å². The molecule has 3 saturated heterocycles. The molecule has 4 atom stereocenters. The van der Waals surface area contributed by atoms with Crippen molar-refractivity contribution in [3.63, 3.8) is 0 Å². The molecule has 9 heteroatoms. The lowest BCUT2D eigenvalue weighted by molar-refractivity contribution is -0.133. The van der Waals surface area contributed by atoms with Crippen LogP contribution < -0.4 is 19.5 Å². The molecule has 4 aliphatic rings. The monoisotopic (exact) mass is 475 g/mol. The van der Waals surface area contributed by atoms with Crippen LogP contribution in [0.15, 0.2) is 54.7 Å². The second-order valence-electron chi connectivity index (χ2n) is 9.48. The Bertz CT molecular complexity index is 1180. The summed E-state index contributed by atoms with van der Waals surface area (Å²) in [6.07, 6.45) is 4.02. The van der Waals surface area contributed by atoms with Crippen LogP contribution in [-0.2, 0) is 24.5 Å². The first-order valence-electron chi connectivity index (χ1n) is 12.2. The molecule has 7 rings (SSSR count). The van der Waals surface area contributed by atoms with Gasteiger partial charge in [0.2, 0.25) is 12.7 Å². The third-order valence-corrected chi connectivity index (χ3v) is 7.23. The predicted molar refractivity (Wildman–Crippen MR) is 127 cm³/mol. The third-order valence-electron chi connectivity index (χ3n) is 7.23. The van der Waals surface area contributed by atoms with Crippen molar-refractivity contribution in [2.24, 2.45) is 11.8 Å². The lowest BCUT2D eigenvalue weighted by Gasteiger charge is -2.49. The highest BCUT2D eigenvalue weighted by Crippen LogP contribution is 2.37. The summed E-state index contributed by atoms with van der Waals surface area (Å²) in [5, 5.41) is 11.7. The zero-order chi connectivity index (χ0) is 23.6. The summed E-state index contributed by atoms with van der Waals surface area (Å²) in [4.78, 5) is 15.5. The number of nitrogens with one attached hydrogen (secondary N) is 1. The molecule has 0 spiro atoms. The summed E-state index contributed by atoms with van der Waals surface area (Å²) in [5.41, 5.74) is 1.82. The minimum Gasteiger partial charge on any atom is -0.487 e. The minimum absolute atomic E-state index is 0.0274. The third kappa shape index (κ3) is 4.81. The molecule has 2 aromatic carbocycles. The molecule has 35 heavy (non-hydrogen) atoms. The Balaban J connectivity index is 1.00. The number of piperidine rings is 3. The highest BCUT2D eigenvalue weighted by Gasteiger charge is 2.43. The molecule has 2 bridgehead atoms. The number of para-hydroxylation sites is 1. The number of carbonyl (C=O) groups excluding carboxylic acids is 1. The highest BCUT2D eigenvalue weighted by molar-refractivity contribution is 5.79. The standard InChI is InChI=1S/C26H29N5O4/c32-26(27-12-18-6-7-24-25(10-18)35-17-34-24)23-15-30-9-8-19(23)11-21(30)14-31-13-20(28-29-31)16-33-22-4-2-1-3-5-22/h1-7,10,13,19,21,23H,8-9,11-12,14-17H2,(H,27,32)/t19?,21-,23+/m1/s1. The van der Waals surface area contributed by atoms with E-state index in [0.717, 1.165) is 61.0 Å². The van der Waals surface area contributed by atoms with Crippen molar-refractivity contribution in [1.82, 2.24) is 25.2 Å². The van der Waals surface area contributed by atoms with Crippen LogP contribution in [0, 0.1) is 11.8 Å². The summed E-state index contributed by atoms with van der Waals surface area (Å²) in [6, 6.07) is 15.9. The first-order chi connectivity index (χ1) is 17.2. The molecule has 0 aliphatic carbocycles. The Labute approximate surface area is 204 Å². The van der Waals surface area contributed by atoms with Gasteiger partial charge in [0.05, 0.1) is 18.7 Å². The molecule has 5 heterocycles. The molecular weight excluding hydrogens is 446 g/mol. The van der Waals surface area contributed by atoms with Crippen molar-refractivity contribution < 1.29 is 19.0 Å². The van der Waals surface area contributed by atoms with Crippen molar-refractivity contribution >= 4 is 5.91 Å². The summed E-state index contributed by atoms with van der Waals surface area (Å²) in [5.74, 6) is 2.88. The van der Waals surface area contributed by atoms with Crippen molar-refractivity contribution in [3.8, 4) is 17.2 Å². The Morgan fingerprint density at radius 2 is 2.03 bits per heavy atom. The second-order valence-corrected chi connectivity index (χ2v) is 9.48. The van der Waals surface area contributed by atoms with Gasteiger partial charge in [0.25, 0.3) is 0 Å². The average molecular weight is 476 g/mol. The van der Waals surface area contributed by atoms with Gasteiger partial charge in [-0.25, -0.2) is 0 Å². The number of fused-ring (bicyclic) bond motifs is 4. The summed E-state index contributed by atoms with van der Waals surface area (Å²) in [6.45, 7) is 3.74. The molecule has 1 aromatic heterocycles. The smallest absolute Gasteiger partial charge is 0.231 e. The van der Waals surface area contributed by atoms with E-state index in [4.69, 9.17) is 14.2 Å². The number of aromatic nitrogens is 3. The van der Waals surface area contributed by atoms with Gasteiger partial charge in [-0.05, 0) is 55.1 Å². The fourth-order valence-electron chi connectivity index (χ4n) is 5.38. The molecule has 1 amide bonds. The Morgan fingerprint density at radius 1 is 1.14 bits per heavy atom. The maximum absolute atomic E-state index is 13.0. The number of nitrogens with zero attached hydrogens (tertiary/aromatic N) is 4. The van der Waals surface area contributed by atoms with Crippen LogP contribution in [0.1, 0.15) is 24.1 Å². The molecule has 4 aliphatic heterocycles. The number of benzene rings is 2. The van der Waals surface area contributed by atoms with Gasteiger partial charge < -0.3 is 19.5 Å². The van der Waals surface area contributed by atoms with Crippen LogP contribution in [0.3, 0.4) is 0 Å². The van der Waals surface area contributed by atoms with Gasteiger partial charge >= 0.3 is 0 Å². The van der Waals surface area contributed by atoms with Gasteiger partial charge in [0.15, 0.2) is 11.5 Å². The van der Waals surface area contributed by atoms with Gasteiger partial charge in [-0.2, -0.15) is 0 Å². The fourth-order valence-corrected chi connectivity index (χ4v) is 5.38. The van der Waals surface area contributed by atoms with Gasteiger partial charge in [-0.1, -0.05) is 29.5 Å². The van der Waals surface area contributed by atoms with E-state index in [0.29, 0.717) is 25.1 Å². The zero-order valence-electron chi connectivity index (χ0n) is 19.5. The van der Waals surface area contributed by atoms with E-state index < -0.39 is 0 Å². The quantitative estimate of drug-likeness (QED) is 0.536. The van der Waals surface area contributed by atoms with Gasteiger partial charge in [-0.3, -0.25) is 14.4 Å². The fraction of sp³-hybridized carbons (Fsp3) is 0.423. The average Bonchev–Trinajstić information content (AvgIpc) is 3.56. The predicted octanol–water partition coefficient (Wildman–Crippen LogP) is 2.61. The molecule has 0 radical (unpaired) electrons. The van der Waals surface area contributed by atoms with Crippen molar-refractivity contribution in [2.75, 3.05) is 19.9 Å². The summed E-state index contributed by atoms with van der Waals surface area (Å²) in [7, 11) is 0. The normalized spacial score (nSPS) is 24.3. The van der Waals surface area contributed by atoms with E-state index in [-0.39, 0.29) is 18.6 Å². The Hall–Kier alpha value is -3.59. The first kappa shape index (κ1) is 21.9. The van der Waals surface area contributed by atoms with Crippen LogP contribution >= 0.6 is 0 Å². The second kappa shape index (κ2) is 9.58.